The van der Waals surface area contributed by atoms with Crippen LogP contribution in [0.1, 0.15) is 13.8 Å². The first-order valence-corrected chi connectivity index (χ1v) is 4.30. The fourth-order valence-electron chi connectivity index (χ4n) is 1.39. The molecule has 0 atom stereocenters. The molecule has 0 aliphatic rings. The third kappa shape index (κ3) is 2.92. The maximum absolute atomic E-state index is 3.04. The molecule has 4 nitrogen and oxygen atoms in total. The van der Waals surface area contributed by atoms with Crippen LogP contribution in [0.2, 0.25) is 0 Å². The molecular formula is C9H14I2N4. The number of rotatable bonds is 2. The summed E-state index contributed by atoms with van der Waals surface area (Å²) < 4.78 is 4.22. The molecule has 2 aromatic rings. The Bertz CT molecular complexity index is 330. The molecule has 0 saturated heterocycles. The second-order valence-electron chi connectivity index (χ2n) is 3.53. The Morgan fingerprint density at radius 2 is 1.27 bits per heavy atom. The van der Waals surface area contributed by atoms with Gasteiger partial charge in [0, 0.05) is 13.8 Å². The first kappa shape index (κ1) is 14.9. The van der Waals surface area contributed by atoms with Crippen molar-refractivity contribution in [2.24, 2.45) is 0 Å². The van der Waals surface area contributed by atoms with E-state index in [0.717, 1.165) is 0 Å². The fraction of sp³-hybridized carbons (Fsp3) is 0.333. The molecule has 84 valence electrons. The van der Waals surface area contributed by atoms with E-state index in [1.165, 1.54) is 0 Å². The zero-order valence-corrected chi connectivity index (χ0v) is 12.9. The minimum absolute atomic E-state index is 0. The molecule has 0 aliphatic heterocycles. The quantitative estimate of drug-likeness (QED) is 0.351. The summed E-state index contributed by atoms with van der Waals surface area (Å²) in [7, 11) is 0. The van der Waals surface area contributed by atoms with Crippen LogP contribution in [-0.2, 0) is 5.66 Å². The SMILES string of the molecule is CC(C)([n+]1cc[nH]c1)[n+]1cc[nH]c1.[I-].[I-]. The largest absolute Gasteiger partial charge is 1.00 e. The van der Waals surface area contributed by atoms with E-state index in [2.05, 4.69) is 32.9 Å². The van der Waals surface area contributed by atoms with Gasteiger partial charge in [0.15, 0.2) is 0 Å². The van der Waals surface area contributed by atoms with Crippen LogP contribution in [0.25, 0.3) is 0 Å². The highest BCUT2D eigenvalue weighted by Crippen LogP contribution is 1.98. The lowest BCUT2D eigenvalue weighted by Gasteiger charge is -2.16. The molecule has 0 unspecified atom stereocenters. The molecule has 0 amide bonds. The van der Waals surface area contributed by atoms with Gasteiger partial charge in [0.25, 0.3) is 0 Å². The predicted octanol–water partition coefficient (Wildman–Crippen LogP) is -5.83. The van der Waals surface area contributed by atoms with Gasteiger partial charge in [-0.1, -0.05) is 0 Å². The van der Waals surface area contributed by atoms with Gasteiger partial charge in [-0.05, 0) is 0 Å². The van der Waals surface area contributed by atoms with Gasteiger partial charge in [-0.25, -0.2) is 0 Å². The van der Waals surface area contributed by atoms with Crippen LogP contribution in [0, 0.1) is 0 Å². The number of hydrogen-bond acceptors (Lipinski definition) is 0. The van der Waals surface area contributed by atoms with Crippen LogP contribution in [0.4, 0.5) is 0 Å². The van der Waals surface area contributed by atoms with Gasteiger partial charge >= 0.3 is 0 Å². The van der Waals surface area contributed by atoms with E-state index >= 15 is 0 Å². The molecule has 2 aromatic heterocycles. The highest BCUT2D eigenvalue weighted by molar-refractivity contribution is 4.62. The van der Waals surface area contributed by atoms with E-state index in [4.69, 9.17) is 0 Å². The second-order valence-corrected chi connectivity index (χ2v) is 3.53. The monoisotopic (exact) mass is 432 g/mol. The number of imidazole rings is 2. The summed E-state index contributed by atoms with van der Waals surface area (Å²) in [6.45, 7) is 4.30. The molecule has 0 bridgehead atoms. The van der Waals surface area contributed by atoms with Crippen molar-refractivity contribution >= 4 is 0 Å². The van der Waals surface area contributed by atoms with E-state index in [9.17, 15) is 0 Å². The molecule has 0 saturated carbocycles. The van der Waals surface area contributed by atoms with Crippen LogP contribution in [-0.4, -0.2) is 9.97 Å². The Kier molecular flexibility index (Phi) is 5.78. The van der Waals surface area contributed by atoms with Gasteiger partial charge in [-0.3, -0.25) is 9.97 Å². The van der Waals surface area contributed by atoms with Crippen LogP contribution in [0.15, 0.2) is 37.4 Å². The third-order valence-corrected chi connectivity index (χ3v) is 2.35. The number of aromatic nitrogens is 4. The summed E-state index contributed by atoms with van der Waals surface area (Å²) in [5.74, 6) is 0. The summed E-state index contributed by atoms with van der Waals surface area (Å²) in [5, 5.41) is 0. The van der Waals surface area contributed by atoms with Crippen molar-refractivity contribution in [1.82, 2.24) is 9.97 Å². The van der Waals surface area contributed by atoms with Crippen molar-refractivity contribution in [2.45, 2.75) is 19.5 Å². The van der Waals surface area contributed by atoms with E-state index in [-0.39, 0.29) is 53.6 Å². The third-order valence-electron chi connectivity index (χ3n) is 2.35. The fourth-order valence-corrected chi connectivity index (χ4v) is 1.39. The van der Waals surface area contributed by atoms with Crippen molar-refractivity contribution in [1.29, 1.82) is 0 Å². The Morgan fingerprint density at radius 3 is 1.53 bits per heavy atom. The van der Waals surface area contributed by atoms with E-state index in [1.54, 1.807) is 0 Å². The average Bonchev–Trinajstić information content (AvgIpc) is 2.78. The van der Waals surface area contributed by atoms with Crippen LogP contribution in [0.3, 0.4) is 0 Å². The number of nitrogens with one attached hydrogen (secondary N) is 2. The number of hydrogen-bond donors (Lipinski definition) is 2. The second kappa shape index (κ2) is 5.83. The zero-order chi connectivity index (χ0) is 9.31. The summed E-state index contributed by atoms with van der Waals surface area (Å²) in [6, 6.07) is 0. The smallest absolute Gasteiger partial charge is 0.246 e. The maximum Gasteiger partial charge on any atom is 0.246 e. The molecule has 0 aliphatic carbocycles. The van der Waals surface area contributed by atoms with Crippen molar-refractivity contribution in [3.63, 3.8) is 0 Å². The highest BCUT2D eigenvalue weighted by Gasteiger charge is 2.31. The Labute approximate surface area is 123 Å². The predicted molar refractivity (Wildman–Crippen MR) is 46.7 cm³/mol. The van der Waals surface area contributed by atoms with Gasteiger partial charge in [0.1, 0.15) is 24.8 Å². The summed E-state index contributed by atoms with van der Waals surface area (Å²) in [4.78, 5) is 6.07. The zero-order valence-electron chi connectivity index (χ0n) is 8.61. The molecule has 15 heavy (non-hydrogen) atoms. The lowest BCUT2D eigenvalue weighted by Crippen LogP contribution is -3.00. The van der Waals surface area contributed by atoms with Crippen molar-refractivity contribution in [2.75, 3.05) is 0 Å². The first-order chi connectivity index (χ1) is 6.21. The molecule has 0 radical (unpaired) electrons. The van der Waals surface area contributed by atoms with Crippen molar-refractivity contribution < 1.29 is 57.1 Å². The topological polar surface area (TPSA) is 39.3 Å². The van der Waals surface area contributed by atoms with Crippen LogP contribution in [0.5, 0.6) is 0 Å². The maximum atomic E-state index is 3.04. The summed E-state index contributed by atoms with van der Waals surface area (Å²) >= 11 is 0. The van der Waals surface area contributed by atoms with Crippen molar-refractivity contribution in [3.8, 4) is 0 Å². The lowest BCUT2D eigenvalue weighted by molar-refractivity contribution is -0.986. The molecule has 2 rings (SSSR count). The van der Waals surface area contributed by atoms with Crippen molar-refractivity contribution in [3.05, 3.63) is 37.4 Å². The minimum Gasteiger partial charge on any atom is -1.00 e. The van der Waals surface area contributed by atoms with Gasteiger partial charge in [0.05, 0.1) is 0 Å². The molecule has 2 N–H and O–H groups in total. The number of nitrogens with zero attached hydrogens (tertiary/aromatic N) is 2. The Hall–Kier alpha value is -0.120. The van der Waals surface area contributed by atoms with Crippen LogP contribution >= 0.6 is 0 Å². The molecule has 2 heterocycles. The molecular weight excluding hydrogens is 418 g/mol. The molecule has 0 spiro atoms. The van der Waals surface area contributed by atoms with Crippen LogP contribution < -0.4 is 57.1 Å². The summed E-state index contributed by atoms with van der Waals surface area (Å²) in [6.07, 6.45) is 11.7. The average molecular weight is 432 g/mol. The first-order valence-electron chi connectivity index (χ1n) is 4.30. The van der Waals surface area contributed by atoms with Gasteiger partial charge in [-0.15, -0.1) is 0 Å². The van der Waals surface area contributed by atoms with Gasteiger partial charge in [0.2, 0.25) is 18.3 Å². The lowest BCUT2D eigenvalue weighted by atomic mass is 10.2. The Morgan fingerprint density at radius 1 is 0.867 bits per heavy atom. The molecule has 6 heteroatoms. The van der Waals surface area contributed by atoms with Gasteiger partial charge in [-0.2, -0.15) is 9.13 Å². The normalized spacial score (nSPS) is 10.3. The Balaban J connectivity index is 0.000000980. The minimum atomic E-state index is -0.0833. The molecule has 0 aromatic carbocycles. The number of halogens is 2. The van der Waals surface area contributed by atoms with Gasteiger partial charge < -0.3 is 48.0 Å². The van der Waals surface area contributed by atoms with E-state index in [0.29, 0.717) is 0 Å². The van der Waals surface area contributed by atoms with E-state index in [1.807, 2.05) is 37.4 Å². The number of aromatic amines is 2. The number of H-pyrrole nitrogens is 2. The van der Waals surface area contributed by atoms with E-state index < -0.39 is 0 Å². The molecule has 0 fully saturated rings. The summed E-state index contributed by atoms with van der Waals surface area (Å²) in [5.41, 5.74) is -0.0833. The highest BCUT2D eigenvalue weighted by atomic mass is 127. The standard InChI is InChI=1S/C9H12N4.2HI/c1-9(2,12-5-3-10-7-12)13-6-4-11-8-13;;/h3-8H,1-2H3;2*1H.